The summed E-state index contributed by atoms with van der Waals surface area (Å²) in [5, 5.41) is 2.72. The molecular formula is C24H21N3O4. The molecule has 0 saturated heterocycles. The van der Waals surface area contributed by atoms with Gasteiger partial charge in [-0.3, -0.25) is 4.79 Å². The van der Waals surface area contributed by atoms with E-state index in [9.17, 15) is 9.59 Å². The number of ether oxygens (including phenoxy) is 2. The van der Waals surface area contributed by atoms with Gasteiger partial charge in [0.1, 0.15) is 11.6 Å². The molecule has 0 fully saturated rings. The van der Waals surface area contributed by atoms with Crippen molar-refractivity contribution < 1.29 is 19.1 Å². The number of hydrogen-bond donors (Lipinski definition) is 2. The fourth-order valence-corrected chi connectivity index (χ4v) is 3.21. The number of anilines is 1. The van der Waals surface area contributed by atoms with Crippen LogP contribution in [0.1, 0.15) is 17.3 Å². The topological polar surface area (TPSA) is 93.3 Å². The predicted molar refractivity (Wildman–Crippen MR) is 118 cm³/mol. The van der Waals surface area contributed by atoms with E-state index in [2.05, 4.69) is 15.3 Å². The molecule has 156 valence electrons. The van der Waals surface area contributed by atoms with E-state index in [1.165, 1.54) is 14.0 Å². The van der Waals surface area contributed by atoms with Gasteiger partial charge in [-0.15, -0.1) is 0 Å². The lowest BCUT2D eigenvalue weighted by atomic mass is 10.1. The highest BCUT2D eigenvalue weighted by molar-refractivity contribution is 6.01. The van der Waals surface area contributed by atoms with Gasteiger partial charge in [0.15, 0.2) is 6.10 Å². The van der Waals surface area contributed by atoms with Gasteiger partial charge in [-0.1, -0.05) is 42.5 Å². The number of H-pyrrole nitrogens is 1. The summed E-state index contributed by atoms with van der Waals surface area (Å²) < 4.78 is 10.7. The summed E-state index contributed by atoms with van der Waals surface area (Å²) in [4.78, 5) is 33.2. The molecule has 0 radical (unpaired) electrons. The number of nitrogens with zero attached hydrogens (tertiary/aromatic N) is 1. The fraction of sp³-hybridized carbons (Fsp3) is 0.125. The number of methoxy groups -OCH3 is 1. The van der Waals surface area contributed by atoms with E-state index < -0.39 is 18.0 Å². The number of carbonyl (C=O) groups excluding carboxylic acids is 2. The lowest BCUT2D eigenvalue weighted by Gasteiger charge is -2.16. The highest BCUT2D eigenvalue weighted by atomic mass is 16.5. The number of benzene rings is 3. The highest BCUT2D eigenvalue weighted by Gasteiger charge is 2.23. The average molecular weight is 415 g/mol. The fourth-order valence-electron chi connectivity index (χ4n) is 3.21. The number of esters is 1. The molecule has 1 atom stereocenters. The Balaban J connectivity index is 1.53. The van der Waals surface area contributed by atoms with Crippen molar-refractivity contribution in [1.82, 2.24) is 9.97 Å². The standard InChI is InChI=1S/C24H21N3O4/c1-15(23(28)27-20-13-7-8-14-21(20)30-2)31-24(29)17-10-4-3-9-16(17)22-25-18-11-5-6-12-19(18)26-22/h3-15H,1-2H3,(H,25,26)(H,27,28). The smallest absolute Gasteiger partial charge is 0.339 e. The van der Waals surface area contributed by atoms with E-state index in [-0.39, 0.29) is 0 Å². The largest absolute Gasteiger partial charge is 0.495 e. The maximum atomic E-state index is 12.9. The SMILES string of the molecule is COc1ccccc1NC(=O)C(C)OC(=O)c1ccccc1-c1nc2ccccc2[nH]1. The molecule has 0 spiro atoms. The molecular weight excluding hydrogens is 394 g/mol. The molecule has 1 heterocycles. The zero-order chi connectivity index (χ0) is 21.8. The minimum atomic E-state index is -1.01. The number of rotatable bonds is 6. The van der Waals surface area contributed by atoms with Gasteiger partial charge >= 0.3 is 5.97 Å². The molecule has 0 aliphatic carbocycles. The molecule has 2 N–H and O–H groups in total. The normalized spacial score (nSPS) is 11.7. The van der Waals surface area contributed by atoms with Crippen molar-refractivity contribution >= 4 is 28.6 Å². The highest BCUT2D eigenvalue weighted by Crippen LogP contribution is 2.26. The summed E-state index contributed by atoms with van der Waals surface area (Å²) in [6.07, 6.45) is -1.01. The summed E-state index contributed by atoms with van der Waals surface area (Å²) in [5.74, 6) is 0.00212. The van der Waals surface area contributed by atoms with Crippen LogP contribution in [-0.4, -0.2) is 35.1 Å². The summed E-state index contributed by atoms with van der Waals surface area (Å²) in [5.41, 5.74) is 3.08. The molecule has 3 aromatic carbocycles. The van der Waals surface area contributed by atoms with Gasteiger partial charge in [0.2, 0.25) is 0 Å². The van der Waals surface area contributed by atoms with Crippen LogP contribution in [-0.2, 0) is 9.53 Å². The number of nitrogens with one attached hydrogen (secondary N) is 2. The van der Waals surface area contributed by atoms with E-state index >= 15 is 0 Å². The molecule has 0 saturated carbocycles. The predicted octanol–water partition coefficient (Wildman–Crippen LogP) is 4.42. The Bertz CT molecular complexity index is 1220. The number of imidazole rings is 1. The number of aromatic nitrogens is 2. The van der Waals surface area contributed by atoms with Crippen LogP contribution >= 0.6 is 0 Å². The molecule has 1 aromatic heterocycles. The number of para-hydroxylation sites is 4. The number of amides is 1. The van der Waals surface area contributed by atoms with E-state index in [4.69, 9.17) is 9.47 Å². The van der Waals surface area contributed by atoms with Gasteiger partial charge in [-0.2, -0.15) is 0 Å². The third-order valence-electron chi connectivity index (χ3n) is 4.81. The summed E-state index contributed by atoms with van der Waals surface area (Å²) in [6, 6.07) is 21.6. The quantitative estimate of drug-likeness (QED) is 0.455. The van der Waals surface area contributed by atoms with Gasteiger partial charge in [-0.25, -0.2) is 9.78 Å². The minimum absolute atomic E-state index is 0.318. The first-order valence-corrected chi connectivity index (χ1v) is 9.76. The molecule has 4 aromatic rings. The molecule has 0 bridgehead atoms. The second-order valence-corrected chi connectivity index (χ2v) is 6.89. The number of carbonyl (C=O) groups is 2. The molecule has 1 unspecified atom stereocenters. The molecule has 7 nitrogen and oxygen atoms in total. The van der Waals surface area contributed by atoms with Crippen molar-refractivity contribution in [1.29, 1.82) is 0 Å². The Morgan fingerprint density at radius 1 is 0.968 bits per heavy atom. The summed E-state index contributed by atoms with van der Waals surface area (Å²) >= 11 is 0. The van der Waals surface area contributed by atoms with Crippen LogP contribution in [0.3, 0.4) is 0 Å². The molecule has 7 heteroatoms. The number of fused-ring (bicyclic) bond motifs is 1. The van der Waals surface area contributed by atoms with Gasteiger partial charge < -0.3 is 19.8 Å². The Labute approximate surface area is 179 Å². The average Bonchev–Trinajstić information content (AvgIpc) is 3.23. The van der Waals surface area contributed by atoms with Crippen LogP contribution in [0, 0.1) is 0 Å². The number of hydrogen-bond acceptors (Lipinski definition) is 5. The molecule has 31 heavy (non-hydrogen) atoms. The van der Waals surface area contributed by atoms with Crippen LogP contribution in [0.15, 0.2) is 72.8 Å². The van der Waals surface area contributed by atoms with Crippen LogP contribution in [0.25, 0.3) is 22.4 Å². The van der Waals surface area contributed by atoms with Gasteiger partial charge in [0.05, 0.1) is 29.4 Å². The van der Waals surface area contributed by atoms with Crippen molar-refractivity contribution in [3.8, 4) is 17.1 Å². The van der Waals surface area contributed by atoms with Crippen LogP contribution in [0.4, 0.5) is 5.69 Å². The summed E-state index contributed by atoms with van der Waals surface area (Å²) in [6.45, 7) is 1.52. The third-order valence-corrected chi connectivity index (χ3v) is 4.81. The molecule has 0 aliphatic rings. The first-order chi connectivity index (χ1) is 15.1. The molecule has 1 amide bonds. The zero-order valence-electron chi connectivity index (χ0n) is 17.1. The maximum Gasteiger partial charge on any atom is 0.339 e. The third kappa shape index (κ3) is 4.25. The second-order valence-electron chi connectivity index (χ2n) is 6.89. The molecule has 0 aliphatic heterocycles. The van der Waals surface area contributed by atoms with Crippen molar-refractivity contribution in [3.05, 3.63) is 78.4 Å². The maximum absolute atomic E-state index is 12.9. The van der Waals surface area contributed by atoms with Gasteiger partial charge in [0.25, 0.3) is 5.91 Å². The molecule has 4 rings (SSSR count). The first kappa shape index (κ1) is 20.2. The van der Waals surface area contributed by atoms with E-state index in [0.717, 1.165) is 11.0 Å². The zero-order valence-corrected chi connectivity index (χ0v) is 17.1. The lowest BCUT2D eigenvalue weighted by Crippen LogP contribution is -2.30. The van der Waals surface area contributed by atoms with Gasteiger partial charge in [0, 0.05) is 5.56 Å². The Hall–Kier alpha value is -4.13. The van der Waals surface area contributed by atoms with E-state index in [1.807, 2.05) is 30.3 Å². The lowest BCUT2D eigenvalue weighted by molar-refractivity contribution is -0.123. The number of aromatic amines is 1. The van der Waals surface area contributed by atoms with Crippen molar-refractivity contribution in [2.75, 3.05) is 12.4 Å². The Morgan fingerprint density at radius 2 is 1.68 bits per heavy atom. The van der Waals surface area contributed by atoms with Gasteiger partial charge in [-0.05, 0) is 37.3 Å². The van der Waals surface area contributed by atoms with Crippen molar-refractivity contribution in [2.45, 2.75) is 13.0 Å². The van der Waals surface area contributed by atoms with Crippen molar-refractivity contribution in [3.63, 3.8) is 0 Å². The van der Waals surface area contributed by atoms with Crippen LogP contribution in [0.5, 0.6) is 5.75 Å². The monoisotopic (exact) mass is 415 g/mol. The van der Waals surface area contributed by atoms with E-state index in [0.29, 0.717) is 28.4 Å². The Kier molecular flexibility index (Phi) is 5.66. The second kappa shape index (κ2) is 8.71. The Morgan fingerprint density at radius 3 is 2.48 bits per heavy atom. The first-order valence-electron chi connectivity index (χ1n) is 9.76. The summed E-state index contributed by atoms with van der Waals surface area (Å²) in [7, 11) is 1.52. The van der Waals surface area contributed by atoms with Crippen molar-refractivity contribution in [2.24, 2.45) is 0 Å². The van der Waals surface area contributed by atoms with E-state index in [1.54, 1.807) is 42.5 Å². The van der Waals surface area contributed by atoms with Crippen LogP contribution in [0.2, 0.25) is 0 Å². The minimum Gasteiger partial charge on any atom is -0.495 e. The van der Waals surface area contributed by atoms with Crippen LogP contribution < -0.4 is 10.1 Å².